The number of ether oxygens (including phenoxy) is 3. The minimum Gasteiger partial charge on any atom is -0.478 e. The van der Waals surface area contributed by atoms with Gasteiger partial charge < -0.3 is 14.2 Å². The number of carbonyl (C=O) groups excluding carboxylic acids is 1. The van der Waals surface area contributed by atoms with Crippen molar-refractivity contribution in [3.8, 4) is 11.6 Å². The maximum absolute atomic E-state index is 12.4. The molecule has 1 rings (SSSR count). The Morgan fingerprint density at radius 1 is 1.45 bits per heavy atom. The molecule has 0 aliphatic carbocycles. The Bertz CT molecular complexity index is 493. The summed E-state index contributed by atoms with van der Waals surface area (Å²) < 4.78 is 51.0. The molecule has 9 heteroatoms. The van der Waals surface area contributed by atoms with Crippen molar-refractivity contribution in [3.63, 3.8) is 0 Å². The fourth-order valence-electron chi connectivity index (χ4n) is 1.38. The van der Waals surface area contributed by atoms with Gasteiger partial charge in [0.15, 0.2) is 5.75 Å². The lowest BCUT2D eigenvalue weighted by atomic mass is 10.2. The first-order valence-electron chi connectivity index (χ1n) is 5.41. The third-order valence-corrected chi connectivity index (χ3v) is 3.02. The molecule has 0 aliphatic heterocycles. The first-order valence-corrected chi connectivity index (χ1v) is 6.49. The second-order valence-corrected chi connectivity index (χ2v) is 4.61. The molecule has 0 amide bonds. The third kappa shape index (κ3) is 4.69. The van der Waals surface area contributed by atoms with Crippen LogP contribution in [0.4, 0.5) is 13.2 Å². The first kappa shape index (κ1) is 16.8. The van der Waals surface area contributed by atoms with Crippen LogP contribution in [0.15, 0.2) is 6.20 Å². The Labute approximate surface area is 126 Å². The number of halogens is 4. The summed E-state index contributed by atoms with van der Waals surface area (Å²) in [5, 5.41) is 0. The zero-order chi connectivity index (χ0) is 15.3. The smallest absolute Gasteiger partial charge is 0.478 e. The summed E-state index contributed by atoms with van der Waals surface area (Å²) in [4.78, 5) is 15.1. The van der Waals surface area contributed by atoms with Gasteiger partial charge in [0, 0.05) is 15.3 Å². The summed E-state index contributed by atoms with van der Waals surface area (Å²) in [6, 6.07) is 0. The van der Waals surface area contributed by atoms with Gasteiger partial charge in [0.25, 0.3) is 5.88 Å². The number of aromatic nitrogens is 1. The van der Waals surface area contributed by atoms with E-state index in [4.69, 9.17) is 9.47 Å². The molecule has 1 aromatic heterocycles. The second kappa shape index (κ2) is 6.95. The van der Waals surface area contributed by atoms with Crippen LogP contribution in [0.2, 0.25) is 0 Å². The van der Waals surface area contributed by atoms with Crippen LogP contribution in [0, 0.1) is 3.57 Å². The van der Waals surface area contributed by atoms with Crippen molar-refractivity contribution in [1.29, 1.82) is 0 Å². The normalized spacial score (nSPS) is 11.1. The lowest BCUT2D eigenvalue weighted by Crippen LogP contribution is -2.20. The van der Waals surface area contributed by atoms with Crippen molar-refractivity contribution in [1.82, 2.24) is 4.98 Å². The van der Waals surface area contributed by atoms with Crippen molar-refractivity contribution >= 4 is 28.6 Å². The molecule has 0 bridgehead atoms. The van der Waals surface area contributed by atoms with Crippen LogP contribution in [0.1, 0.15) is 12.5 Å². The molecule has 5 nitrogen and oxygen atoms in total. The molecule has 0 aromatic carbocycles. The molecule has 0 fully saturated rings. The van der Waals surface area contributed by atoms with E-state index in [0.717, 1.165) is 7.11 Å². The maximum atomic E-state index is 12.4. The molecule has 0 spiro atoms. The molecule has 1 aromatic rings. The first-order chi connectivity index (χ1) is 9.28. The number of esters is 1. The molecule has 0 radical (unpaired) electrons. The molecule has 0 aliphatic rings. The summed E-state index contributed by atoms with van der Waals surface area (Å²) in [6.45, 7) is 1.73. The minimum atomic E-state index is -4.91. The summed E-state index contributed by atoms with van der Waals surface area (Å²) in [5.74, 6) is -1.63. The molecule has 112 valence electrons. The highest BCUT2D eigenvalue weighted by Crippen LogP contribution is 2.36. The molecule has 20 heavy (non-hydrogen) atoms. The van der Waals surface area contributed by atoms with Crippen LogP contribution in [0.5, 0.6) is 11.6 Å². The standard InChI is InChI=1S/C11H11F3INO4/c1-3-19-8(17)4-6-7(15)5-16-10(18-2)9(6)20-11(12,13)14/h5H,3-4H2,1-2H3. The summed E-state index contributed by atoms with van der Waals surface area (Å²) in [7, 11) is 1.16. The van der Waals surface area contributed by atoms with Crippen LogP contribution in [-0.4, -0.2) is 31.0 Å². The van der Waals surface area contributed by atoms with E-state index < -0.39 is 18.1 Å². The molecule has 0 saturated heterocycles. The average molecular weight is 405 g/mol. The van der Waals surface area contributed by atoms with E-state index in [1.54, 1.807) is 29.5 Å². The van der Waals surface area contributed by atoms with E-state index in [0.29, 0.717) is 3.57 Å². The number of alkyl halides is 3. The molecular formula is C11H11F3INO4. The Hall–Kier alpha value is -1.26. The van der Waals surface area contributed by atoms with Crippen LogP contribution in [0.3, 0.4) is 0 Å². The fraction of sp³-hybridized carbons (Fsp3) is 0.455. The van der Waals surface area contributed by atoms with Gasteiger partial charge in [0.05, 0.1) is 20.1 Å². The number of pyridine rings is 1. The van der Waals surface area contributed by atoms with Crippen LogP contribution >= 0.6 is 22.6 Å². The number of hydrogen-bond acceptors (Lipinski definition) is 5. The van der Waals surface area contributed by atoms with Gasteiger partial charge in [-0.15, -0.1) is 13.2 Å². The predicted octanol–water partition coefficient (Wildman–Crippen LogP) is 2.70. The minimum absolute atomic E-state index is 0.0215. The number of rotatable bonds is 5. The SMILES string of the molecule is CCOC(=O)Cc1c(I)cnc(OC)c1OC(F)(F)F. The van der Waals surface area contributed by atoms with Crippen LogP contribution in [-0.2, 0) is 16.0 Å². The highest BCUT2D eigenvalue weighted by molar-refractivity contribution is 14.1. The molecule has 0 unspecified atom stereocenters. The number of nitrogens with zero attached hydrogens (tertiary/aromatic N) is 1. The van der Waals surface area contributed by atoms with E-state index in [1.165, 1.54) is 6.20 Å². The molecular weight excluding hydrogens is 394 g/mol. The predicted molar refractivity (Wildman–Crippen MR) is 70.5 cm³/mol. The Morgan fingerprint density at radius 3 is 2.60 bits per heavy atom. The van der Waals surface area contributed by atoms with Crippen molar-refractivity contribution in [2.24, 2.45) is 0 Å². The highest BCUT2D eigenvalue weighted by Gasteiger charge is 2.35. The van der Waals surface area contributed by atoms with E-state index in [1.807, 2.05) is 0 Å². The zero-order valence-corrected chi connectivity index (χ0v) is 12.7. The quantitative estimate of drug-likeness (QED) is 0.557. The van der Waals surface area contributed by atoms with Crippen LogP contribution < -0.4 is 9.47 Å². The summed E-state index contributed by atoms with van der Waals surface area (Å²) >= 11 is 1.76. The number of carbonyl (C=O) groups is 1. The van der Waals surface area contributed by atoms with Crippen molar-refractivity contribution in [2.75, 3.05) is 13.7 Å². The molecule has 1 heterocycles. The van der Waals surface area contributed by atoms with Gasteiger partial charge in [0.1, 0.15) is 0 Å². The number of methoxy groups -OCH3 is 1. The monoisotopic (exact) mass is 405 g/mol. The van der Waals surface area contributed by atoms with Gasteiger partial charge in [-0.25, -0.2) is 4.98 Å². The van der Waals surface area contributed by atoms with Gasteiger partial charge in [-0.3, -0.25) is 4.79 Å². The summed E-state index contributed by atoms with van der Waals surface area (Å²) in [5.41, 5.74) is 0.0215. The van der Waals surface area contributed by atoms with E-state index in [9.17, 15) is 18.0 Å². The topological polar surface area (TPSA) is 57.7 Å². The third-order valence-electron chi connectivity index (χ3n) is 2.09. The molecule has 0 saturated carbocycles. The van der Waals surface area contributed by atoms with Gasteiger partial charge in [-0.05, 0) is 29.5 Å². The van der Waals surface area contributed by atoms with Gasteiger partial charge in [-0.2, -0.15) is 0 Å². The van der Waals surface area contributed by atoms with Gasteiger partial charge in [-0.1, -0.05) is 0 Å². The van der Waals surface area contributed by atoms with E-state index in [-0.39, 0.29) is 24.5 Å². The molecule has 0 N–H and O–H groups in total. The maximum Gasteiger partial charge on any atom is 0.573 e. The van der Waals surface area contributed by atoms with Gasteiger partial charge >= 0.3 is 12.3 Å². The largest absolute Gasteiger partial charge is 0.573 e. The second-order valence-electron chi connectivity index (χ2n) is 3.45. The Morgan fingerprint density at radius 2 is 2.10 bits per heavy atom. The zero-order valence-electron chi connectivity index (χ0n) is 10.6. The fourth-order valence-corrected chi connectivity index (χ4v) is 1.95. The lowest BCUT2D eigenvalue weighted by Gasteiger charge is -2.16. The summed E-state index contributed by atoms with van der Waals surface area (Å²) in [6.07, 6.45) is -3.99. The Balaban J connectivity index is 3.21. The van der Waals surface area contributed by atoms with E-state index >= 15 is 0 Å². The van der Waals surface area contributed by atoms with Crippen LogP contribution in [0.25, 0.3) is 0 Å². The van der Waals surface area contributed by atoms with Crippen molar-refractivity contribution < 1.29 is 32.2 Å². The lowest BCUT2D eigenvalue weighted by molar-refractivity contribution is -0.275. The van der Waals surface area contributed by atoms with E-state index in [2.05, 4.69) is 9.72 Å². The van der Waals surface area contributed by atoms with Crippen molar-refractivity contribution in [3.05, 3.63) is 15.3 Å². The Kier molecular flexibility index (Phi) is 5.84. The molecule has 0 atom stereocenters. The number of hydrogen-bond donors (Lipinski definition) is 0. The average Bonchev–Trinajstić information content (AvgIpc) is 2.32. The van der Waals surface area contributed by atoms with Crippen molar-refractivity contribution in [2.45, 2.75) is 19.7 Å². The van der Waals surface area contributed by atoms with Gasteiger partial charge in [0.2, 0.25) is 0 Å². The highest BCUT2D eigenvalue weighted by atomic mass is 127.